The van der Waals surface area contributed by atoms with Gasteiger partial charge in [0.2, 0.25) is 0 Å². The number of amides is 1. The smallest absolute Gasteiger partial charge is 0.254 e. The van der Waals surface area contributed by atoms with Crippen LogP contribution in [0.15, 0.2) is 22.7 Å². The molecule has 2 rings (SSSR count). The van der Waals surface area contributed by atoms with Gasteiger partial charge in [0.1, 0.15) is 0 Å². The number of carbonyl (C=O) groups is 1. The molecule has 3 nitrogen and oxygen atoms in total. The van der Waals surface area contributed by atoms with Gasteiger partial charge in [-0.15, -0.1) is 0 Å². The Kier molecular flexibility index (Phi) is 3.99. The van der Waals surface area contributed by atoms with Crippen molar-refractivity contribution in [3.05, 3.63) is 33.3 Å². The molecule has 0 radical (unpaired) electrons. The minimum atomic E-state index is -0.686. The summed E-state index contributed by atoms with van der Waals surface area (Å²) in [5.74, 6) is -0.0619. The highest BCUT2D eigenvalue weighted by Crippen LogP contribution is 2.29. The molecule has 0 atom stereocenters. The number of rotatable bonds is 3. The van der Waals surface area contributed by atoms with Crippen molar-refractivity contribution < 1.29 is 9.90 Å². The molecule has 1 aliphatic rings. The van der Waals surface area contributed by atoms with Crippen LogP contribution >= 0.6 is 27.5 Å². The topological polar surface area (TPSA) is 40.5 Å². The van der Waals surface area contributed by atoms with Crippen LogP contribution in [0.4, 0.5) is 0 Å². The van der Waals surface area contributed by atoms with E-state index in [4.69, 9.17) is 11.6 Å². The maximum absolute atomic E-state index is 12.1. The van der Waals surface area contributed by atoms with Crippen molar-refractivity contribution in [1.29, 1.82) is 0 Å². The van der Waals surface area contributed by atoms with Gasteiger partial charge < -0.3 is 10.0 Å². The van der Waals surface area contributed by atoms with Crippen LogP contribution in [0.3, 0.4) is 0 Å². The molecule has 98 valence electrons. The lowest BCUT2D eigenvalue weighted by Crippen LogP contribution is -2.63. The summed E-state index contributed by atoms with van der Waals surface area (Å²) in [4.78, 5) is 13.8. The Morgan fingerprint density at radius 3 is 2.78 bits per heavy atom. The van der Waals surface area contributed by atoms with Gasteiger partial charge in [-0.25, -0.2) is 0 Å². The average Bonchev–Trinajstić information content (AvgIpc) is 2.29. The van der Waals surface area contributed by atoms with E-state index >= 15 is 0 Å². The Labute approximate surface area is 120 Å². The van der Waals surface area contributed by atoms with Gasteiger partial charge in [0.05, 0.1) is 23.7 Å². The van der Waals surface area contributed by atoms with Crippen LogP contribution in [-0.4, -0.2) is 34.6 Å². The number of aliphatic hydroxyl groups is 1. The number of carbonyl (C=O) groups excluding carboxylic acids is 1. The minimum absolute atomic E-state index is 0.0619. The Bertz CT molecular complexity index is 472. The van der Waals surface area contributed by atoms with Crippen molar-refractivity contribution in [2.45, 2.75) is 25.4 Å². The molecular formula is C13H15BrClNO2. The molecule has 1 aliphatic heterocycles. The number of β-amino-alcohol motifs (C(OH)–C–C–N with tert-alkyl or cyclic N) is 1. The largest absolute Gasteiger partial charge is 0.386 e. The molecule has 0 spiro atoms. The minimum Gasteiger partial charge on any atom is -0.386 e. The summed E-state index contributed by atoms with van der Waals surface area (Å²) in [6, 6.07) is 5.10. The summed E-state index contributed by atoms with van der Waals surface area (Å²) in [5.41, 5.74) is -0.0986. The van der Waals surface area contributed by atoms with Crippen molar-refractivity contribution >= 4 is 33.4 Å². The van der Waals surface area contributed by atoms with E-state index in [1.165, 1.54) is 0 Å². The lowest BCUT2D eigenvalue weighted by Gasteiger charge is -2.46. The van der Waals surface area contributed by atoms with Gasteiger partial charge in [-0.1, -0.05) is 24.9 Å². The second kappa shape index (κ2) is 5.19. The van der Waals surface area contributed by atoms with Crippen LogP contribution in [0.2, 0.25) is 5.02 Å². The summed E-state index contributed by atoms with van der Waals surface area (Å²) >= 11 is 9.19. The second-order valence-electron chi connectivity index (χ2n) is 4.76. The van der Waals surface area contributed by atoms with Crippen LogP contribution in [0, 0.1) is 0 Å². The standard InChI is InChI=1S/C13H15BrClNO2/c1-2-5-13(18)7-16(8-13)12(17)9-3-4-11(15)10(14)6-9/h3-4,6,18H,2,5,7-8H2,1H3. The zero-order chi connectivity index (χ0) is 13.3. The molecule has 18 heavy (non-hydrogen) atoms. The van der Waals surface area contributed by atoms with E-state index in [1.807, 2.05) is 6.92 Å². The van der Waals surface area contributed by atoms with Gasteiger partial charge in [0.15, 0.2) is 0 Å². The first-order valence-corrected chi connectivity index (χ1v) is 7.09. The van der Waals surface area contributed by atoms with Gasteiger partial charge in [0.25, 0.3) is 5.91 Å². The lowest BCUT2D eigenvalue weighted by molar-refractivity contribution is -0.0860. The number of hydrogen-bond donors (Lipinski definition) is 1. The third kappa shape index (κ3) is 2.71. The normalized spacial score (nSPS) is 17.4. The van der Waals surface area contributed by atoms with Crippen LogP contribution < -0.4 is 0 Å². The quantitative estimate of drug-likeness (QED) is 0.924. The number of halogens is 2. The van der Waals surface area contributed by atoms with Crippen LogP contribution in [0.25, 0.3) is 0 Å². The lowest BCUT2D eigenvalue weighted by atomic mass is 9.89. The summed E-state index contributed by atoms with van der Waals surface area (Å²) in [6.07, 6.45) is 1.66. The molecule has 1 aromatic carbocycles. The number of likely N-dealkylation sites (tertiary alicyclic amines) is 1. The van der Waals surface area contributed by atoms with E-state index in [9.17, 15) is 9.90 Å². The van der Waals surface area contributed by atoms with Gasteiger partial charge >= 0.3 is 0 Å². The van der Waals surface area contributed by atoms with Crippen molar-refractivity contribution in [3.8, 4) is 0 Å². The van der Waals surface area contributed by atoms with E-state index in [1.54, 1.807) is 23.1 Å². The van der Waals surface area contributed by atoms with Gasteiger partial charge in [-0.05, 0) is 40.5 Å². The van der Waals surface area contributed by atoms with E-state index in [0.29, 0.717) is 28.1 Å². The maximum Gasteiger partial charge on any atom is 0.254 e. The van der Waals surface area contributed by atoms with Crippen LogP contribution in [0.5, 0.6) is 0 Å². The first-order chi connectivity index (χ1) is 8.45. The van der Waals surface area contributed by atoms with Crippen molar-refractivity contribution in [2.75, 3.05) is 13.1 Å². The summed E-state index contributed by atoms with van der Waals surface area (Å²) < 4.78 is 0.708. The molecule has 1 heterocycles. The van der Waals surface area contributed by atoms with Gasteiger partial charge in [0, 0.05) is 10.0 Å². The van der Waals surface area contributed by atoms with Gasteiger partial charge in [-0.3, -0.25) is 4.79 Å². The molecule has 0 saturated carbocycles. The molecule has 0 bridgehead atoms. The zero-order valence-corrected chi connectivity index (χ0v) is 12.5. The van der Waals surface area contributed by atoms with Crippen molar-refractivity contribution in [3.63, 3.8) is 0 Å². The molecule has 1 saturated heterocycles. The van der Waals surface area contributed by atoms with Crippen LogP contribution in [-0.2, 0) is 0 Å². The van der Waals surface area contributed by atoms with Crippen molar-refractivity contribution in [1.82, 2.24) is 4.90 Å². The maximum atomic E-state index is 12.1. The number of benzene rings is 1. The van der Waals surface area contributed by atoms with Crippen LogP contribution in [0.1, 0.15) is 30.1 Å². The fraction of sp³-hybridized carbons (Fsp3) is 0.462. The predicted octanol–water partition coefficient (Wildman–Crippen LogP) is 3.09. The highest BCUT2D eigenvalue weighted by Gasteiger charge is 2.42. The Morgan fingerprint density at radius 1 is 1.56 bits per heavy atom. The van der Waals surface area contributed by atoms with Gasteiger partial charge in [-0.2, -0.15) is 0 Å². The van der Waals surface area contributed by atoms with E-state index in [2.05, 4.69) is 15.9 Å². The second-order valence-corrected chi connectivity index (χ2v) is 6.03. The predicted molar refractivity (Wildman–Crippen MR) is 74.9 cm³/mol. The summed E-state index contributed by atoms with van der Waals surface area (Å²) in [7, 11) is 0. The molecule has 5 heteroatoms. The van der Waals surface area contributed by atoms with E-state index in [0.717, 1.165) is 12.8 Å². The first kappa shape index (κ1) is 13.8. The van der Waals surface area contributed by atoms with E-state index in [-0.39, 0.29) is 5.91 Å². The highest BCUT2D eigenvalue weighted by molar-refractivity contribution is 9.10. The van der Waals surface area contributed by atoms with Crippen molar-refractivity contribution in [2.24, 2.45) is 0 Å². The molecule has 0 unspecified atom stereocenters. The number of hydrogen-bond acceptors (Lipinski definition) is 2. The molecule has 1 amide bonds. The SMILES string of the molecule is CCCC1(O)CN(C(=O)c2ccc(Cl)c(Br)c2)C1. The Hall–Kier alpha value is -0.580. The van der Waals surface area contributed by atoms with E-state index < -0.39 is 5.60 Å². The molecule has 1 N–H and O–H groups in total. The zero-order valence-electron chi connectivity index (χ0n) is 10.1. The molecule has 0 aliphatic carbocycles. The molecular weight excluding hydrogens is 318 g/mol. The third-order valence-electron chi connectivity index (χ3n) is 3.14. The molecule has 0 aromatic heterocycles. The molecule has 1 fully saturated rings. The highest BCUT2D eigenvalue weighted by atomic mass is 79.9. The average molecular weight is 333 g/mol. The Balaban J connectivity index is 2.03. The fourth-order valence-corrected chi connectivity index (χ4v) is 2.74. The summed E-state index contributed by atoms with van der Waals surface area (Å²) in [5, 5.41) is 10.6. The monoisotopic (exact) mass is 331 g/mol. The fourth-order valence-electron chi connectivity index (χ4n) is 2.24. The first-order valence-electron chi connectivity index (χ1n) is 5.92. The summed E-state index contributed by atoms with van der Waals surface area (Å²) in [6.45, 7) is 2.86. The molecule has 1 aromatic rings. The Morgan fingerprint density at radius 2 is 2.22 bits per heavy atom. The number of nitrogens with zero attached hydrogens (tertiary/aromatic N) is 1. The third-order valence-corrected chi connectivity index (χ3v) is 4.35.